The predicted molar refractivity (Wildman–Crippen MR) is 91.1 cm³/mol. The fraction of sp³-hybridized carbons (Fsp3) is 0.588. The van der Waals surface area contributed by atoms with Crippen LogP contribution >= 0.6 is 0 Å². The van der Waals surface area contributed by atoms with Crippen LogP contribution in [0.15, 0.2) is 23.1 Å². The number of nitrogens with zero attached hydrogens (tertiary/aromatic N) is 2. The van der Waals surface area contributed by atoms with Crippen LogP contribution in [0.4, 0.5) is 5.69 Å². The Kier molecular flexibility index (Phi) is 3.71. The minimum absolute atomic E-state index is 0.0509. The Bertz CT molecular complexity index is 792. The third-order valence-corrected chi connectivity index (χ3v) is 7.68. The van der Waals surface area contributed by atoms with Gasteiger partial charge in [0, 0.05) is 38.3 Å². The van der Waals surface area contributed by atoms with Crippen LogP contribution in [0.3, 0.4) is 0 Å². The minimum atomic E-state index is -3.54. The van der Waals surface area contributed by atoms with Crippen molar-refractivity contribution in [3.63, 3.8) is 0 Å². The van der Waals surface area contributed by atoms with E-state index in [1.165, 1.54) is 6.92 Å². The summed E-state index contributed by atoms with van der Waals surface area (Å²) in [5.74, 6) is 0.616. The van der Waals surface area contributed by atoms with Crippen LogP contribution in [0.2, 0.25) is 0 Å². The van der Waals surface area contributed by atoms with Crippen LogP contribution in [-0.4, -0.2) is 44.3 Å². The summed E-state index contributed by atoms with van der Waals surface area (Å²) in [6.45, 7) is 3.21. The van der Waals surface area contributed by atoms with Crippen molar-refractivity contribution in [1.29, 1.82) is 0 Å². The Morgan fingerprint density at radius 2 is 2.04 bits per heavy atom. The standard InChI is InChI=1S/C17H23N3O3S/c1-11(21)20-7-6-12-2-4-14(8-17(12)20)24(22,23)19-9-13-3-5-16(18)15(13)10-19/h2,4,8,13,15-16H,3,5-7,9-10,18H2,1H3. The van der Waals surface area contributed by atoms with E-state index in [1.54, 1.807) is 21.3 Å². The van der Waals surface area contributed by atoms with Crippen LogP contribution in [-0.2, 0) is 21.2 Å². The van der Waals surface area contributed by atoms with Gasteiger partial charge in [-0.05, 0) is 48.8 Å². The molecule has 2 fully saturated rings. The fourth-order valence-electron chi connectivity index (χ4n) is 4.46. The van der Waals surface area contributed by atoms with E-state index in [-0.39, 0.29) is 22.8 Å². The maximum absolute atomic E-state index is 13.0. The zero-order chi connectivity index (χ0) is 17.1. The Labute approximate surface area is 142 Å². The zero-order valence-electron chi connectivity index (χ0n) is 13.8. The van der Waals surface area contributed by atoms with Gasteiger partial charge in [0.2, 0.25) is 15.9 Å². The van der Waals surface area contributed by atoms with Gasteiger partial charge in [-0.25, -0.2) is 8.42 Å². The molecule has 0 aromatic heterocycles. The second-order valence-electron chi connectivity index (χ2n) is 7.20. The number of hydrogen-bond acceptors (Lipinski definition) is 4. The van der Waals surface area contributed by atoms with Gasteiger partial charge < -0.3 is 10.6 Å². The Morgan fingerprint density at radius 3 is 2.75 bits per heavy atom. The quantitative estimate of drug-likeness (QED) is 0.862. The van der Waals surface area contributed by atoms with E-state index in [9.17, 15) is 13.2 Å². The molecule has 0 bridgehead atoms. The van der Waals surface area contributed by atoms with Gasteiger partial charge in [-0.15, -0.1) is 0 Å². The average molecular weight is 349 g/mol. The van der Waals surface area contributed by atoms with Gasteiger partial charge in [-0.3, -0.25) is 4.79 Å². The molecule has 4 rings (SSSR count). The van der Waals surface area contributed by atoms with Crippen molar-refractivity contribution in [2.45, 2.75) is 37.1 Å². The molecule has 2 N–H and O–H groups in total. The van der Waals surface area contributed by atoms with Gasteiger partial charge in [0.05, 0.1) is 4.90 Å². The molecule has 1 aliphatic carbocycles. The average Bonchev–Trinajstić information content (AvgIpc) is 3.22. The minimum Gasteiger partial charge on any atom is -0.327 e. The molecule has 3 aliphatic rings. The Morgan fingerprint density at radius 1 is 1.25 bits per heavy atom. The predicted octanol–water partition coefficient (Wildman–Crippen LogP) is 0.953. The van der Waals surface area contributed by atoms with E-state index in [2.05, 4.69) is 0 Å². The molecule has 0 radical (unpaired) electrons. The van der Waals surface area contributed by atoms with E-state index in [0.717, 1.165) is 30.5 Å². The summed E-state index contributed by atoms with van der Waals surface area (Å²) < 4.78 is 27.6. The second kappa shape index (κ2) is 5.54. The second-order valence-corrected chi connectivity index (χ2v) is 9.14. The number of fused-ring (bicyclic) bond motifs is 2. The lowest BCUT2D eigenvalue weighted by atomic mass is 9.98. The molecule has 3 atom stereocenters. The number of hydrogen-bond donors (Lipinski definition) is 1. The molecule has 1 saturated carbocycles. The molecule has 2 aliphatic heterocycles. The summed E-state index contributed by atoms with van der Waals surface area (Å²) in [7, 11) is -3.54. The van der Waals surface area contributed by atoms with E-state index in [4.69, 9.17) is 5.73 Å². The van der Waals surface area contributed by atoms with E-state index in [0.29, 0.717) is 25.6 Å². The largest absolute Gasteiger partial charge is 0.327 e. The van der Waals surface area contributed by atoms with Gasteiger partial charge in [-0.1, -0.05) is 6.07 Å². The number of sulfonamides is 1. The van der Waals surface area contributed by atoms with E-state index >= 15 is 0 Å². The smallest absolute Gasteiger partial charge is 0.243 e. The molecule has 6 nitrogen and oxygen atoms in total. The lowest BCUT2D eigenvalue weighted by Gasteiger charge is -2.20. The topological polar surface area (TPSA) is 83.7 Å². The van der Waals surface area contributed by atoms with Gasteiger partial charge in [-0.2, -0.15) is 4.31 Å². The first-order valence-electron chi connectivity index (χ1n) is 8.54. The van der Waals surface area contributed by atoms with Crippen LogP contribution in [0.25, 0.3) is 0 Å². The highest BCUT2D eigenvalue weighted by Gasteiger charge is 2.45. The Hall–Kier alpha value is -1.44. The molecule has 1 aromatic carbocycles. The van der Waals surface area contributed by atoms with Crippen LogP contribution in [0.1, 0.15) is 25.3 Å². The van der Waals surface area contributed by atoms with Crippen LogP contribution in [0, 0.1) is 11.8 Å². The first-order chi connectivity index (χ1) is 11.4. The SMILES string of the molecule is CC(=O)N1CCc2ccc(S(=O)(=O)N3CC4CCC(N)C4C3)cc21. The van der Waals surface area contributed by atoms with E-state index < -0.39 is 10.0 Å². The van der Waals surface area contributed by atoms with Crippen molar-refractivity contribution < 1.29 is 13.2 Å². The van der Waals surface area contributed by atoms with Crippen molar-refractivity contribution >= 4 is 21.6 Å². The number of amides is 1. The summed E-state index contributed by atoms with van der Waals surface area (Å²) in [4.78, 5) is 13.7. The molecule has 0 spiro atoms. The summed E-state index contributed by atoms with van der Waals surface area (Å²) in [5.41, 5.74) is 7.89. The van der Waals surface area contributed by atoms with Gasteiger partial charge in [0.25, 0.3) is 0 Å². The van der Waals surface area contributed by atoms with Crippen LogP contribution in [0.5, 0.6) is 0 Å². The molecular formula is C17H23N3O3S. The first-order valence-corrected chi connectivity index (χ1v) is 9.98. The lowest BCUT2D eigenvalue weighted by molar-refractivity contribution is -0.116. The number of rotatable bonds is 2. The maximum Gasteiger partial charge on any atom is 0.243 e. The molecular weight excluding hydrogens is 326 g/mol. The normalized spacial score (nSPS) is 29.8. The number of anilines is 1. The summed E-state index contributed by atoms with van der Waals surface area (Å²) >= 11 is 0. The summed E-state index contributed by atoms with van der Waals surface area (Å²) in [5, 5.41) is 0. The van der Waals surface area contributed by atoms with Crippen molar-refractivity contribution in [2.24, 2.45) is 17.6 Å². The van der Waals surface area contributed by atoms with Gasteiger partial charge >= 0.3 is 0 Å². The van der Waals surface area contributed by atoms with Crippen molar-refractivity contribution in [3.8, 4) is 0 Å². The Balaban J connectivity index is 1.64. The number of carbonyl (C=O) groups excluding carboxylic acids is 1. The van der Waals surface area contributed by atoms with Crippen LogP contribution < -0.4 is 10.6 Å². The summed E-state index contributed by atoms with van der Waals surface area (Å²) in [6.07, 6.45) is 2.79. The third kappa shape index (κ3) is 2.37. The molecule has 2 heterocycles. The lowest BCUT2D eigenvalue weighted by Crippen LogP contribution is -2.33. The molecule has 1 saturated heterocycles. The van der Waals surface area contributed by atoms with Crippen molar-refractivity contribution in [3.05, 3.63) is 23.8 Å². The van der Waals surface area contributed by atoms with Gasteiger partial charge in [0.15, 0.2) is 0 Å². The molecule has 24 heavy (non-hydrogen) atoms. The van der Waals surface area contributed by atoms with Gasteiger partial charge in [0.1, 0.15) is 0 Å². The molecule has 7 heteroatoms. The highest BCUT2D eigenvalue weighted by atomic mass is 32.2. The zero-order valence-corrected chi connectivity index (χ0v) is 14.6. The monoisotopic (exact) mass is 349 g/mol. The highest BCUT2D eigenvalue weighted by Crippen LogP contribution is 2.40. The summed E-state index contributed by atoms with van der Waals surface area (Å²) in [6, 6.07) is 5.29. The number of carbonyl (C=O) groups is 1. The number of nitrogens with two attached hydrogens (primary N) is 1. The molecule has 1 amide bonds. The highest BCUT2D eigenvalue weighted by molar-refractivity contribution is 7.89. The van der Waals surface area contributed by atoms with E-state index in [1.807, 2.05) is 6.07 Å². The molecule has 1 aromatic rings. The third-order valence-electron chi connectivity index (χ3n) is 5.85. The van der Waals surface area contributed by atoms with Crippen molar-refractivity contribution in [1.82, 2.24) is 4.31 Å². The molecule has 3 unspecified atom stereocenters. The maximum atomic E-state index is 13.0. The molecule has 130 valence electrons. The fourth-order valence-corrected chi connectivity index (χ4v) is 6.01. The van der Waals surface area contributed by atoms with Crippen molar-refractivity contribution in [2.75, 3.05) is 24.5 Å². The first kappa shape index (κ1) is 16.1. The number of benzene rings is 1.